The van der Waals surface area contributed by atoms with E-state index >= 15 is 0 Å². The van der Waals surface area contributed by atoms with Gasteiger partial charge >= 0.3 is 0 Å². The lowest BCUT2D eigenvalue weighted by molar-refractivity contribution is 0.515. The fourth-order valence-electron chi connectivity index (χ4n) is 1.87. The van der Waals surface area contributed by atoms with Crippen molar-refractivity contribution in [3.63, 3.8) is 0 Å². The van der Waals surface area contributed by atoms with Gasteiger partial charge in [0, 0.05) is 11.3 Å². The zero-order valence-electron chi connectivity index (χ0n) is 11.2. The van der Waals surface area contributed by atoms with Crippen LogP contribution in [0.4, 0.5) is 5.69 Å². The van der Waals surface area contributed by atoms with Gasteiger partial charge in [-0.25, -0.2) is 0 Å². The van der Waals surface area contributed by atoms with E-state index in [1.165, 1.54) is 5.56 Å². The maximum absolute atomic E-state index is 5.63. The molecule has 0 aliphatic carbocycles. The van der Waals surface area contributed by atoms with Crippen LogP contribution in [-0.4, -0.2) is 10.2 Å². The normalized spacial score (nSPS) is 10.4. The minimum Gasteiger partial charge on any atom is -0.419 e. The van der Waals surface area contributed by atoms with E-state index in [-0.39, 0.29) is 0 Å². The highest BCUT2D eigenvalue weighted by Crippen LogP contribution is 2.17. The molecule has 3 rings (SSSR count). The van der Waals surface area contributed by atoms with Crippen LogP contribution in [-0.2, 0) is 6.54 Å². The van der Waals surface area contributed by atoms with E-state index in [0.717, 1.165) is 11.3 Å². The standard InChI is InChI=1S/C16H15N3O/c1-12-7-9-14(10-8-12)17-11-15-18-19-16(20-15)13-5-3-2-4-6-13/h2-10,17H,11H2,1H3. The van der Waals surface area contributed by atoms with Crippen molar-refractivity contribution in [3.8, 4) is 11.5 Å². The van der Waals surface area contributed by atoms with E-state index < -0.39 is 0 Å². The van der Waals surface area contributed by atoms with Gasteiger partial charge in [-0.05, 0) is 31.2 Å². The molecule has 0 aliphatic heterocycles. The zero-order valence-corrected chi connectivity index (χ0v) is 11.2. The molecule has 0 aliphatic rings. The first-order chi connectivity index (χ1) is 9.81. The van der Waals surface area contributed by atoms with Crippen LogP contribution in [0.2, 0.25) is 0 Å². The second-order valence-electron chi connectivity index (χ2n) is 4.59. The Bertz CT molecular complexity index is 674. The molecule has 1 N–H and O–H groups in total. The second kappa shape index (κ2) is 5.57. The van der Waals surface area contributed by atoms with E-state index in [1.807, 2.05) is 42.5 Å². The van der Waals surface area contributed by atoms with Crippen molar-refractivity contribution < 1.29 is 4.42 Å². The van der Waals surface area contributed by atoms with E-state index in [1.54, 1.807) is 0 Å². The number of aromatic nitrogens is 2. The fraction of sp³-hybridized carbons (Fsp3) is 0.125. The highest BCUT2D eigenvalue weighted by atomic mass is 16.4. The van der Waals surface area contributed by atoms with Crippen LogP contribution in [0.1, 0.15) is 11.5 Å². The van der Waals surface area contributed by atoms with Crippen LogP contribution in [0.25, 0.3) is 11.5 Å². The summed E-state index contributed by atoms with van der Waals surface area (Å²) in [7, 11) is 0. The molecular weight excluding hydrogens is 250 g/mol. The number of nitrogens with one attached hydrogen (secondary N) is 1. The smallest absolute Gasteiger partial charge is 0.247 e. The molecule has 3 aromatic rings. The van der Waals surface area contributed by atoms with Crippen LogP contribution in [0.15, 0.2) is 59.0 Å². The molecule has 0 bridgehead atoms. The van der Waals surface area contributed by atoms with Crippen molar-refractivity contribution in [3.05, 3.63) is 66.1 Å². The zero-order chi connectivity index (χ0) is 13.8. The summed E-state index contributed by atoms with van der Waals surface area (Å²) in [5.41, 5.74) is 3.20. The van der Waals surface area contributed by atoms with Crippen molar-refractivity contribution in [2.75, 3.05) is 5.32 Å². The highest BCUT2D eigenvalue weighted by Gasteiger charge is 2.07. The third kappa shape index (κ3) is 2.85. The Morgan fingerprint density at radius 3 is 2.45 bits per heavy atom. The van der Waals surface area contributed by atoms with Crippen LogP contribution in [0.5, 0.6) is 0 Å². The van der Waals surface area contributed by atoms with Crippen molar-refractivity contribution >= 4 is 5.69 Å². The molecule has 100 valence electrons. The quantitative estimate of drug-likeness (QED) is 0.782. The summed E-state index contributed by atoms with van der Waals surface area (Å²) in [6.07, 6.45) is 0. The molecule has 2 aromatic carbocycles. The average Bonchev–Trinajstić information content (AvgIpc) is 2.97. The van der Waals surface area contributed by atoms with Gasteiger partial charge in [0.15, 0.2) is 0 Å². The molecule has 0 atom stereocenters. The third-order valence-corrected chi connectivity index (χ3v) is 2.98. The molecule has 0 amide bonds. The van der Waals surface area contributed by atoms with Gasteiger partial charge in [-0.3, -0.25) is 0 Å². The van der Waals surface area contributed by atoms with E-state index in [4.69, 9.17) is 4.42 Å². The summed E-state index contributed by atoms with van der Waals surface area (Å²) in [5, 5.41) is 11.4. The molecule has 0 saturated carbocycles. The number of benzene rings is 2. The predicted molar refractivity (Wildman–Crippen MR) is 78.2 cm³/mol. The molecule has 0 unspecified atom stereocenters. The first kappa shape index (κ1) is 12.4. The van der Waals surface area contributed by atoms with Crippen molar-refractivity contribution in [1.29, 1.82) is 0 Å². The molecule has 1 heterocycles. The van der Waals surface area contributed by atoms with Crippen LogP contribution in [0, 0.1) is 6.92 Å². The Kier molecular flexibility index (Phi) is 3.46. The van der Waals surface area contributed by atoms with Crippen LogP contribution >= 0.6 is 0 Å². The van der Waals surface area contributed by atoms with Crippen molar-refractivity contribution in [1.82, 2.24) is 10.2 Å². The van der Waals surface area contributed by atoms with E-state index in [9.17, 15) is 0 Å². The molecule has 0 spiro atoms. The summed E-state index contributed by atoms with van der Waals surface area (Å²) < 4.78 is 5.63. The molecule has 0 radical (unpaired) electrons. The van der Waals surface area contributed by atoms with Gasteiger partial charge in [-0.2, -0.15) is 0 Å². The van der Waals surface area contributed by atoms with Crippen molar-refractivity contribution in [2.45, 2.75) is 13.5 Å². The SMILES string of the molecule is Cc1ccc(NCc2nnc(-c3ccccc3)o2)cc1. The van der Waals surface area contributed by atoms with E-state index in [2.05, 4.69) is 34.6 Å². The Morgan fingerprint density at radius 1 is 0.950 bits per heavy atom. The first-order valence-electron chi connectivity index (χ1n) is 6.49. The molecule has 20 heavy (non-hydrogen) atoms. The Balaban J connectivity index is 1.67. The summed E-state index contributed by atoms with van der Waals surface area (Å²) in [4.78, 5) is 0. The fourth-order valence-corrected chi connectivity index (χ4v) is 1.87. The van der Waals surface area contributed by atoms with Crippen LogP contribution < -0.4 is 5.32 Å². The van der Waals surface area contributed by atoms with Gasteiger partial charge in [-0.15, -0.1) is 10.2 Å². The van der Waals surface area contributed by atoms with Gasteiger partial charge < -0.3 is 9.73 Å². The number of anilines is 1. The maximum atomic E-state index is 5.63. The number of hydrogen-bond donors (Lipinski definition) is 1. The average molecular weight is 265 g/mol. The summed E-state index contributed by atoms with van der Waals surface area (Å²) in [5.74, 6) is 1.12. The number of aryl methyl sites for hydroxylation is 1. The summed E-state index contributed by atoms with van der Waals surface area (Å²) >= 11 is 0. The van der Waals surface area contributed by atoms with Gasteiger partial charge in [-0.1, -0.05) is 35.9 Å². The molecular formula is C16H15N3O. The Hall–Kier alpha value is -2.62. The maximum Gasteiger partial charge on any atom is 0.247 e. The monoisotopic (exact) mass is 265 g/mol. The Morgan fingerprint density at radius 2 is 1.70 bits per heavy atom. The van der Waals surface area contributed by atoms with Gasteiger partial charge in [0.05, 0.1) is 6.54 Å². The molecule has 1 aromatic heterocycles. The minimum absolute atomic E-state index is 0.517. The number of hydrogen-bond acceptors (Lipinski definition) is 4. The van der Waals surface area contributed by atoms with Gasteiger partial charge in [0.25, 0.3) is 0 Å². The predicted octanol–water partition coefficient (Wildman–Crippen LogP) is 3.66. The van der Waals surface area contributed by atoms with Gasteiger partial charge in [0.1, 0.15) is 0 Å². The lowest BCUT2D eigenvalue weighted by atomic mass is 10.2. The number of rotatable bonds is 4. The Labute approximate surface area is 117 Å². The number of nitrogens with zero attached hydrogens (tertiary/aromatic N) is 2. The largest absolute Gasteiger partial charge is 0.419 e. The second-order valence-corrected chi connectivity index (χ2v) is 4.59. The first-order valence-corrected chi connectivity index (χ1v) is 6.49. The molecule has 0 saturated heterocycles. The third-order valence-electron chi connectivity index (χ3n) is 2.98. The molecule has 4 nitrogen and oxygen atoms in total. The highest BCUT2D eigenvalue weighted by molar-refractivity contribution is 5.51. The molecule has 0 fully saturated rings. The van der Waals surface area contributed by atoms with E-state index in [0.29, 0.717) is 18.3 Å². The topological polar surface area (TPSA) is 51.0 Å². The lowest BCUT2D eigenvalue weighted by Gasteiger charge is -2.03. The minimum atomic E-state index is 0.517. The van der Waals surface area contributed by atoms with Crippen LogP contribution in [0.3, 0.4) is 0 Å². The molecule has 4 heteroatoms. The lowest BCUT2D eigenvalue weighted by Crippen LogP contribution is -1.99. The summed E-state index contributed by atoms with van der Waals surface area (Å²) in [6, 6.07) is 17.9. The van der Waals surface area contributed by atoms with Gasteiger partial charge in [0.2, 0.25) is 11.8 Å². The van der Waals surface area contributed by atoms with Crippen molar-refractivity contribution in [2.24, 2.45) is 0 Å². The summed E-state index contributed by atoms with van der Waals surface area (Å²) in [6.45, 7) is 2.58.